The van der Waals surface area contributed by atoms with Crippen LogP contribution in [0.2, 0.25) is 0 Å². The van der Waals surface area contributed by atoms with Crippen LogP contribution in [0.1, 0.15) is 24.5 Å². The first-order valence-corrected chi connectivity index (χ1v) is 8.37. The van der Waals surface area contributed by atoms with Gasteiger partial charge in [-0.1, -0.05) is 24.3 Å². The molecule has 0 radical (unpaired) electrons. The third kappa shape index (κ3) is 6.94. The molecule has 1 heterocycles. The highest BCUT2D eigenvalue weighted by Gasteiger charge is 2.18. The van der Waals surface area contributed by atoms with Gasteiger partial charge < -0.3 is 19.7 Å². The van der Waals surface area contributed by atoms with Crippen molar-refractivity contribution in [2.45, 2.75) is 26.5 Å². The Morgan fingerprint density at radius 2 is 2.04 bits per heavy atom. The SMILES string of the molecule is CCNC(=NCc1ccc(COC)cc1)N(C)CC1CCOC1.I. The molecular weight excluding hydrogens is 417 g/mol. The molecule has 0 aliphatic carbocycles. The van der Waals surface area contributed by atoms with Crippen LogP contribution in [0, 0.1) is 5.92 Å². The highest BCUT2D eigenvalue weighted by molar-refractivity contribution is 14.0. The van der Waals surface area contributed by atoms with Crippen molar-refractivity contribution < 1.29 is 9.47 Å². The molecule has 0 spiro atoms. The molecule has 1 unspecified atom stereocenters. The molecule has 136 valence electrons. The van der Waals surface area contributed by atoms with Crippen molar-refractivity contribution in [2.75, 3.05) is 40.5 Å². The molecule has 1 aromatic carbocycles. The lowest BCUT2D eigenvalue weighted by molar-refractivity contribution is 0.181. The van der Waals surface area contributed by atoms with E-state index in [1.165, 1.54) is 11.1 Å². The number of ether oxygens (including phenoxy) is 2. The van der Waals surface area contributed by atoms with E-state index in [0.29, 0.717) is 19.1 Å². The molecule has 2 rings (SSSR count). The van der Waals surface area contributed by atoms with E-state index < -0.39 is 0 Å². The topological polar surface area (TPSA) is 46.1 Å². The summed E-state index contributed by atoms with van der Waals surface area (Å²) in [6.07, 6.45) is 1.14. The Morgan fingerprint density at radius 1 is 1.33 bits per heavy atom. The molecule has 1 N–H and O–H groups in total. The summed E-state index contributed by atoms with van der Waals surface area (Å²) in [4.78, 5) is 6.97. The fraction of sp³-hybridized carbons (Fsp3) is 0.611. The molecule has 1 saturated heterocycles. The fourth-order valence-electron chi connectivity index (χ4n) is 2.74. The molecule has 1 atom stereocenters. The van der Waals surface area contributed by atoms with Crippen LogP contribution in [-0.2, 0) is 22.6 Å². The zero-order valence-corrected chi connectivity index (χ0v) is 17.3. The maximum atomic E-state index is 5.46. The summed E-state index contributed by atoms with van der Waals surface area (Å²) in [5.41, 5.74) is 2.39. The van der Waals surface area contributed by atoms with Gasteiger partial charge >= 0.3 is 0 Å². The minimum Gasteiger partial charge on any atom is -0.381 e. The van der Waals surface area contributed by atoms with E-state index >= 15 is 0 Å². The number of guanidine groups is 1. The van der Waals surface area contributed by atoms with Crippen LogP contribution in [-0.4, -0.2) is 51.3 Å². The van der Waals surface area contributed by atoms with Gasteiger partial charge in [-0.2, -0.15) is 0 Å². The predicted octanol–water partition coefficient (Wildman–Crippen LogP) is 2.88. The molecule has 1 aromatic rings. The molecule has 24 heavy (non-hydrogen) atoms. The second kappa shape index (κ2) is 11.7. The van der Waals surface area contributed by atoms with Gasteiger partial charge in [0.1, 0.15) is 0 Å². The van der Waals surface area contributed by atoms with Crippen molar-refractivity contribution in [1.82, 2.24) is 10.2 Å². The second-order valence-electron chi connectivity index (χ2n) is 6.03. The molecule has 5 nitrogen and oxygen atoms in total. The summed E-state index contributed by atoms with van der Waals surface area (Å²) in [6.45, 7) is 7.04. The smallest absolute Gasteiger partial charge is 0.193 e. The maximum absolute atomic E-state index is 5.46. The zero-order chi connectivity index (χ0) is 16.5. The molecular formula is C18H30IN3O2. The average molecular weight is 447 g/mol. The van der Waals surface area contributed by atoms with E-state index in [2.05, 4.69) is 48.5 Å². The Balaban J connectivity index is 0.00000288. The van der Waals surface area contributed by atoms with Gasteiger partial charge in [0.05, 0.1) is 19.8 Å². The van der Waals surface area contributed by atoms with Crippen LogP contribution < -0.4 is 5.32 Å². The Morgan fingerprint density at radius 3 is 2.62 bits per heavy atom. The number of aliphatic imine (C=N–C) groups is 1. The summed E-state index contributed by atoms with van der Waals surface area (Å²) in [5.74, 6) is 1.57. The van der Waals surface area contributed by atoms with Gasteiger partial charge in [0, 0.05) is 39.8 Å². The normalized spacial score (nSPS) is 17.5. The van der Waals surface area contributed by atoms with Crippen molar-refractivity contribution in [3.8, 4) is 0 Å². The van der Waals surface area contributed by atoms with Gasteiger partial charge in [0.2, 0.25) is 0 Å². The molecule has 0 aromatic heterocycles. The fourth-order valence-corrected chi connectivity index (χ4v) is 2.74. The molecule has 6 heteroatoms. The van der Waals surface area contributed by atoms with Crippen molar-refractivity contribution >= 4 is 29.9 Å². The Kier molecular flexibility index (Phi) is 10.3. The Bertz CT molecular complexity index is 488. The number of hydrogen-bond donors (Lipinski definition) is 1. The molecule has 1 aliphatic rings. The van der Waals surface area contributed by atoms with E-state index in [-0.39, 0.29) is 24.0 Å². The van der Waals surface area contributed by atoms with Crippen LogP contribution in [0.4, 0.5) is 0 Å². The largest absolute Gasteiger partial charge is 0.381 e. The summed E-state index contributed by atoms with van der Waals surface area (Å²) in [7, 11) is 3.81. The minimum atomic E-state index is 0. The molecule has 0 saturated carbocycles. The Labute approximate surface area is 162 Å². The van der Waals surface area contributed by atoms with Crippen LogP contribution in [0.25, 0.3) is 0 Å². The van der Waals surface area contributed by atoms with Gasteiger partial charge in [0.15, 0.2) is 5.96 Å². The second-order valence-corrected chi connectivity index (χ2v) is 6.03. The summed E-state index contributed by atoms with van der Waals surface area (Å²) in [6, 6.07) is 8.43. The van der Waals surface area contributed by atoms with Gasteiger partial charge in [-0.05, 0) is 24.5 Å². The number of nitrogens with one attached hydrogen (secondary N) is 1. The number of hydrogen-bond acceptors (Lipinski definition) is 3. The van der Waals surface area contributed by atoms with E-state index in [1.807, 2.05) is 0 Å². The molecule has 1 fully saturated rings. The van der Waals surface area contributed by atoms with E-state index in [1.54, 1.807) is 7.11 Å². The summed E-state index contributed by atoms with van der Waals surface area (Å²) in [5, 5.41) is 3.37. The van der Waals surface area contributed by atoms with Crippen molar-refractivity contribution in [3.63, 3.8) is 0 Å². The maximum Gasteiger partial charge on any atom is 0.193 e. The van der Waals surface area contributed by atoms with E-state index in [4.69, 9.17) is 14.5 Å². The van der Waals surface area contributed by atoms with Crippen LogP contribution in [0.15, 0.2) is 29.3 Å². The highest BCUT2D eigenvalue weighted by Crippen LogP contribution is 2.13. The van der Waals surface area contributed by atoms with Crippen molar-refractivity contribution in [1.29, 1.82) is 0 Å². The van der Waals surface area contributed by atoms with Crippen LogP contribution in [0.3, 0.4) is 0 Å². The van der Waals surface area contributed by atoms with Crippen LogP contribution >= 0.6 is 24.0 Å². The van der Waals surface area contributed by atoms with Gasteiger partial charge in [-0.15, -0.1) is 24.0 Å². The number of methoxy groups -OCH3 is 1. The number of nitrogens with zero attached hydrogens (tertiary/aromatic N) is 2. The van der Waals surface area contributed by atoms with E-state index in [9.17, 15) is 0 Å². The third-order valence-corrected chi connectivity index (χ3v) is 4.00. The number of halogens is 1. The monoisotopic (exact) mass is 447 g/mol. The summed E-state index contributed by atoms with van der Waals surface area (Å²) < 4.78 is 10.6. The lowest BCUT2D eigenvalue weighted by atomic mass is 10.1. The number of benzene rings is 1. The van der Waals surface area contributed by atoms with Crippen LogP contribution in [0.5, 0.6) is 0 Å². The molecule has 0 amide bonds. The zero-order valence-electron chi connectivity index (χ0n) is 15.0. The van der Waals surface area contributed by atoms with Gasteiger partial charge in [0.25, 0.3) is 0 Å². The first-order chi connectivity index (χ1) is 11.2. The first-order valence-electron chi connectivity index (χ1n) is 8.37. The first kappa shape index (κ1) is 21.2. The minimum absolute atomic E-state index is 0. The van der Waals surface area contributed by atoms with Gasteiger partial charge in [-0.3, -0.25) is 0 Å². The highest BCUT2D eigenvalue weighted by atomic mass is 127. The van der Waals surface area contributed by atoms with Crippen molar-refractivity contribution in [2.24, 2.45) is 10.9 Å². The molecule has 1 aliphatic heterocycles. The quantitative estimate of drug-likeness (QED) is 0.397. The number of rotatable bonds is 7. The average Bonchev–Trinajstić information content (AvgIpc) is 3.06. The Hall–Kier alpha value is -0.860. The van der Waals surface area contributed by atoms with Crippen molar-refractivity contribution in [3.05, 3.63) is 35.4 Å². The predicted molar refractivity (Wildman–Crippen MR) is 109 cm³/mol. The third-order valence-electron chi connectivity index (χ3n) is 4.00. The lowest BCUT2D eigenvalue weighted by Crippen LogP contribution is -2.41. The van der Waals surface area contributed by atoms with Gasteiger partial charge in [-0.25, -0.2) is 4.99 Å². The molecule has 0 bridgehead atoms. The lowest BCUT2D eigenvalue weighted by Gasteiger charge is -2.24. The summed E-state index contributed by atoms with van der Waals surface area (Å²) >= 11 is 0. The standard InChI is InChI=1S/C18H29N3O2.HI/c1-4-19-18(21(2)12-17-9-10-23-14-17)20-11-15-5-7-16(8-6-15)13-22-3;/h5-8,17H,4,9-14H2,1-3H3,(H,19,20);1H. The van der Waals surface area contributed by atoms with E-state index in [0.717, 1.165) is 38.7 Å².